The third-order valence-corrected chi connectivity index (χ3v) is 8.29. The summed E-state index contributed by atoms with van der Waals surface area (Å²) in [7, 11) is 1.10. The fourth-order valence-corrected chi connectivity index (χ4v) is 6.49. The van der Waals surface area contributed by atoms with E-state index in [-0.39, 0.29) is 42.3 Å². The van der Waals surface area contributed by atoms with Crippen LogP contribution in [0.4, 0.5) is 13.6 Å². The third-order valence-electron chi connectivity index (χ3n) is 7.17. The lowest BCUT2D eigenvalue weighted by atomic mass is 9.93. The van der Waals surface area contributed by atoms with Gasteiger partial charge in [0.25, 0.3) is 5.91 Å². The first kappa shape index (κ1) is 26.3. The monoisotopic (exact) mass is 571 g/mol. The predicted molar refractivity (Wildman–Crippen MR) is 137 cm³/mol. The molecule has 13 heteroatoms. The Kier molecular flexibility index (Phi) is 6.94. The maximum Gasteiger partial charge on any atom is 0.540 e. The molecule has 0 N–H and O–H groups in total. The summed E-state index contributed by atoms with van der Waals surface area (Å²) in [5.41, 5.74) is 0.987. The van der Waals surface area contributed by atoms with Crippen LogP contribution in [0.3, 0.4) is 0 Å². The smallest absolute Gasteiger partial charge is 0.436 e. The molecule has 208 valence electrons. The number of carbonyl (C=O) groups is 2. The van der Waals surface area contributed by atoms with Crippen molar-refractivity contribution in [1.82, 2.24) is 9.58 Å². The third kappa shape index (κ3) is 4.30. The van der Waals surface area contributed by atoms with Crippen molar-refractivity contribution in [2.24, 2.45) is 0 Å². The van der Waals surface area contributed by atoms with Gasteiger partial charge in [0.05, 0.1) is 31.9 Å². The van der Waals surface area contributed by atoms with Gasteiger partial charge in [-0.1, -0.05) is 24.3 Å². The standard InChI is InChI=1S/C27H23F2N3O7S/c1-36-27(35)39-38-12-17-20(33)8-9-31-25(17)26(34)30-10-11-37-13-22(30)32(31)24-15-6-7-19(28)23(29)18(15)14-40-21-5-3-2-4-16(21)24/h2-9,22,24H,10-14H2,1H3/t22-,24+/m1/s1. The van der Waals surface area contributed by atoms with E-state index >= 15 is 4.39 Å². The summed E-state index contributed by atoms with van der Waals surface area (Å²) in [5.74, 6) is -2.12. The Morgan fingerprint density at radius 1 is 1.12 bits per heavy atom. The molecule has 2 atom stereocenters. The second-order valence-corrected chi connectivity index (χ2v) is 10.3. The van der Waals surface area contributed by atoms with Crippen molar-refractivity contribution in [2.75, 3.05) is 31.9 Å². The lowest BCUT2D eigenvalue weighted by Crippen LogP contribution is -2.66. The largest absolute Gasteiger partial charge is 0.540 e. The molecular weight excluding hydrogens is 548 g/mol. The zero-order chi connectivity index (χ0) is 28.0. The topological polar surface area (TPSA) is 99.5 Å². The molecule has 0 saturated carbocycles. The van der Waals surface area contributed by atoms with Gasteiger partial charge in [0, 0.05) is 35.0 Å². The van der Waals surface area contributed by atoms with Crippen molar-refractivity contribution in [2.45, 2.75) is 29.5 Å². The van der Waals surface area contributed by atoms with Crippen LogP contribution in [0.15, 0.2) is 58.4 Å². The first-order valence-corrected chi connectivity index (χ1v) is 13.4. The van der Waals surface area contributed by atoms with Gasteiger partial charge in [-0.15, -0.1) is 11.8 Å². The van der Waals surface area contributed by atoms with Crippen LogP contribution < -0.4 is 10.4 Å². The number of hydrogen-bond acceptors (Lipinski definition) is 9. The fourth-order valence-electron chi connectivity index (χ4n) is 5.37. The zero-order valence-electron chi connectivity index (χ0n) is 21.2. The molecule has 0 radical (unpaired) electrons. The molecule has 0 unspecified atom stereocenters. The summed E-state index contributed by atoms with van der Waals surface area (Å²) in [4.78, 5) is 50.1. The fraction of sp³-hybridized carbons (Fsp3) is 0.296. The van der Waals surface area contributed by atoms with E-state index in [2.05, 4.69) is 9.62 Å². The average Bonchev–Trinajstić information content (AvgIpc) is 3.13. The number of halogens is 2. The van der Waals surface area contributed by atoms with Crippen LogP contribution in [-0.4, -0.2) is 54.7 Å². The molecule has 4 heterocycles. The molecule has 1 amide bonds. The average molecular weight is 572 g/mol. The van der Waals surface area contributed by atoms with Gasteiger partial charge in [0.1, 0.15) is 18.5 Å². The van der Waals surface area contributed by atoms with E-state index in [1.54, 1.807) is 15.6 Å². The van der Waals surface area contributed by atoms with Gasteiger partial charge in [0.15, 0.2) is 17.1 Å². The molecule has 1 aromatic heterocycles. The highest BCUT2D eigenvalue weighted by atomic mass is 32.2. The molecule has 1 saturated heterocycles. The van der Waals surface area contributed by atoms with E-state index in [4.69, 9.17) is 9.62 Å². The highest BCUT2D eigenvalue weighted by molar-refractivity contribution is 7.98. The first-order chi connectivity index (χ1) is 19.4. The molecular formula is C27H23F2N3O7S. The lowest BCUT2D eigenvalue weighted by molar-refractivity contribution is -0.262. The molecule has 0 aliphatic carbocycles. The van der Waals surface area contributed by atoms with Crippen LogP contribution in [0.25, 0.3) is 0 Å². The van der Waals surface area contributed by atoms with Crippen LogP contribution in [0.5, 0.6) is 0 Å². The SMILES string of the molecule is COC(=O)OOCc1c2n(ccc1=O)N([C@@H]1c3ccccc3SCc3c1ccc(F)c3F)[C@@H]1COCCN1C2=O. The van der Waals surface area contributed by atoms with E-state index in [1.165, 1.54) is 24.0 Å². The van der Waals surface area contributed by atoms with E-state index in [1.807, 2.05) is 29.3 Å². The van der Waals surface area contributed by atoms with Gasteiger partial charge >= 0.3 is 6.16 Å². The summed E-state index contributed by atoms with van der Waals surface area (Å²) in [6, 6.07) is 10.8. The number of methoxy groups -OCH3 is 1. The Morgan fingerprint density at radius 3 is 2.77 bits per heavy atom. The first-order valence-electron chi connectivity index (χ1n) is 12.4. The molecule has 3 aliphatic rings. The number of fused-ring (bicyclic) bond motifs is 4. The number of rotatable bonds is 4. The zero-order valence-corrected chi connectivity index (χ0v) is 22.0. The van der Waals surface area contributed by atoms with Gasteiger partial charge in [-0.3, -0.25) is 24.2 Å². The minimum Gasteiger partial charge on any atom is -0.436 e. The number of benzene rings is 2. The van der Waals surface area contributed by atoms with E-state index in [0.29, 0.717) is 5.56 Å². The second-order valence-electron chi connectivity index (χ2n) is 9.24. The number of thioether (sulfide) groups is 1. The van der Waals surface area contributed by atoms with Crippen LogP contribution >= 0.6 is 11.8 Å². The summed E-state index contributed by atoms with van der Waals surface area (Å²) >= 11 is 1.39. The molecule has 3 aromatic rings. The van der Waals surface area contributed by atoms with E-state index in [0.717, 1.165) is 23.6 Å². The van der Waals surface area contributed by atoms with Gasteiger partial charge in [0.2, 0.25) is 0 Å². The van der Waals surface area contributed by atoms with Crippen molar-refractivity contribution >= 4 is 23.8 Å². The van der Waals surface area contributed by atoms with Gasteiger partial charge in [-0.2, -0.15) is 4.89 Å². The Hall–Kier alpha value is -3.94. The Balaban J connectivity index is 1.58. The van der Waals surface area contributed by atoms with E-state index in [9.17, 15) is 18.8 Å². The number of nitrogens with zero attached hydrogens (tertiary/aromatic N) is 3. The maximum atomic E-state index is 15.3. The minimum atomic E-state index is -1.12. The molecule has 0 bridgehead atoms. The number of pyridine rings is 1. The molecule has 0 spiro atoms. The highest BCUT2D eigenvalue weighted by Crippen LogP contribution is 2.45. The summed E-state index contributed by atoms with van der Waals surface area (Å²) < 4.78 is 41.4. The van der Waals surface area contributed by atoms with Crippen LogP contribution in [0.1, 0.15) is 38.8 Å². The van der Waals surface area contributed by atoms with Gasteiger partial charge < -0.3 is 14.4 Å². The maximum absolute atomic E-state index is 15.3. The Morgan fingerprint density at radius 2 is 1.95 bits per heavy atom. The highest BCUT2D eigenvalue weighted by Gasteiger charge is 2.46. The van der Waals surface area contributed by atoms with Crippen LogP contribution in [-0.2, 0) is 31.6 Å². The van der Waals surface area contributed by atoms with Crippen molar-refractivity contribution in [3.63, 3.8) is 0 Å². The molecule has 2 aromatic carbocycles. The summed E-state index contributed by atoms with van der Waals surface area (Å²) in [6.45, 7) is 0.124. The Bertz CT molecular complexity index is 1570. The number of aromatic nitrogens is 1. The second kappa shape index (κ2) is 10.6. The van der Waals surface area contributed by atoms with Crippen LogP contribution in [0, 0.1) is 11.6 Å². The quantitative estimate of drug-likeness (QED) is 0.265. The van der Waals surface area contributed by atoms with E-state index < -0.39 is 47.9 Å². The number of amides is 1. The van der Waals surface area contributed by atoms with Crippen molar-refractivity contribution in [3.05, 3.63) is 98.5 Å². The summed E-state index contributed by atoms with van der Waals surface area (Å²) in [6.07, 6.45) is -0.296. The molecule has 6 rings (SSSR count). The number of hydrogen-bond donors (Lipinski definition) is 0. The van der Waals surface area contributed by atoms with Gasteiger partial charge in [-0.25, -0.2) is 13.6 Å². The number of morpholine rings is 1. The summed E-state index contributed by atoms with van der Waals surface area (Å²) in [5, 5.41) is 1.85. The molecule has 1 fully saturated rings. The van der Waals surface area contributed by atoms with Crippen molar-refractivity contribution in [1.29, 1.82) is 0 Å². The van der Waals surface area contributed by atoms with Crippen molar-refractivity contribution < 1.29 is 37.6 Å². The lowest BCUT2D eigenvalue weighted by Gasteiger charge is -2.51. The minimum absolute atomic E-state index is 0.00219. The Labute approximate surface area is 230 Å². The van der Waals surface area contributed by atoms with Gasteiger partial charge in [-0.05, 0) is 23.3 Å². The molecule has 40 heavy (non-hydrogen) atoms. The van der Waals surface area contributed by atoms with Crippen molar-refractivity contribution in [3.8, 4) is 0 Å². The molecule has 10 nitrogen and oxygen atoms in total. The number of carbonyl (C=O) groups excluding carboxylic acids is 2. The molecule has 3 aliphatic heterocycles. The number of ether oxygens (including phenoxy) is 2. The van der Waals surface area contributed by atoms with Crippen LogP contribution in [0.2, 0.25) is 0 Å². The normalized spacial score (nSPS) is 19.6. The predicted octanol–water partition coefficient (Wildman–Crippen LogP) is 3.49.